The highest BCUT2D eigenvalue weighted by atomic mass is 15.0. The third kappa shape index (κ3) is 6.28. The lowest BCUT2D eigenvalue weighted by atomic mass is 9.91. The van der Waals surface area contributed by atoms with Gasteiger partial charge in [0, 0.05) is 33.0 Å². The largest absolute Gasteiger partial charge is 0.309 e. The molecule has 0 unspecified atom stereocenters. The van der Waals surface area contributed by atoms with Crippen LogP contribution in [0, 0.1) is 0 Å². The Balaban J connectivity index is 1.17. The van der Waals surface area contributed by atoms with Gasteiger partial charge in [-0.2, -0.15) is 0 Å². The molecule has 2 heterocycles. The Morgan fingerprint density at radius 1 is 0.277 bits per heavy atom. The molecule has 65 heavy (non-hydrogen) atoms. The van der Waals surface area contributed by atoms with E-state index in [0.717, 1.165) is 67.1 Å². The molecule has 0 atom stereocenters. The number of rotatable bonds is 6. The van der Waals surface area contributed by atoms with Crippen molar-refractivity contribution in [2.75, 3.05) is 0 Å². The molecule has 0 N–H and O–H groups in total. The maximum atomic E-state index is 5.52. The topological polar surface area (TPSA) is 30.7 Å². The molecular formula is C62H39N3. The van der Waals surface area contributed by atoms with Gasteiger partial charge in [0.25, 0.3) is 0 Å². The summed E-state index contributed by atoms with van der Waals surface area (Å²) in [7, 11) is 0. The van der Waals surface area contributed by atoms with E-state index in [4.69, 9.17) is 9.97 Å². The van der Waals surface area contributed by atoms with E-state index in [1.165, 1.54) is 53.9 Å². The van der Waals surface area contributed by atoms with E-state index < -0.39 is 0 Å². The highest BCUT2D eigenvalue weighted by Gasteiger charge is 2.23. The molecule has 0 saturated heterocycles. The van der Waals surface area contributed by atoms with Gasteiger partial charge in [0.2, 0.25) is 0 Å². The van der Waals surface area contributed by atoms with Crippen molar-refractivity contribution in [1.82, 2.24) is 14.5 Å². The zero-order valence-corrected chi connectivity index (χ0v) is 35.4. The molecule has 0 radical (unpaired) electrons. The van der Waals surface area contributed by atoms with Gasteiger partial charge in [-0.25, -0.2) is 9.97 Å². The molecule has 3 nitrogen and oxygen atoms in total. The van der Waals surface area contributed by atoms with E-state index >= 15 is 0 Å². The lowest BCUT2D eigenvalue weighted by molar-refractivity contribution is 1.17. The molecule has 0 fully saturated rings. The smallest absolute Gasteiger partial charge is 0.161 e. The maximum absolute atomic E-state index is 5.52. The first-order valence-electron chi connectivity index (χ1n) is 22.2. The highest BCUT2D eigenvalue weighted by molar-refractivity contribution is 6.23. The number of aromatic nitrogens is 3. The zero-order valence-electron chi connectivity index (χ0n) is 35.4. The van der Waals surface area contributed by atoms with Crippen LogP contribution in [0.4, 0.5) is 0 Å². The second-order valence-electron chi connectivity index (χ2n) is 17.0. The zero-order chi connectivity index (χ0) is 42.8. The van der Waals surface area contributed by atoms with Crippen LogP contribution in [0.5, 0.6) is 0 Å². The van der Waals surface area contributed by atoms with Crippen molar-refractivity contribution in [3.05, 3.63) is 237 Å². The van der Waals surface area contributed by atoms with Gasteiger partial charge in [-0.3, -0.25) is 0 Å². The summed E-state index contributed by atoms with van der Waals surface area (Å²) >= 11 is 0. The summed E-state index contributed by atoms with van der Waals surface area (Å²) in [4.78, 5) is 11.0. The standard InChI is InChI=1S/C62H39N3/c1-3-17-42(18-4-1)52-38-60(65-58-32-31-43-19-13-14-26-51(43)61(58)55-35-47-24-11-12-25-48(47)36-59(55)65)53(49-29-27-40-15-7-9-22-45(40)33-49)37-54(52)62-63-56(44-20-5-2-6-21-44)39-57(64-62)50-30-28-41-16-8-10-23-46(41)34-50/h1-39H. The number of benzene rings is 11. The second-order valence-corrected chi connectivity index (χ2v) is 17.0. The van der Waals surface area contributed by atoms with Gasteiger partial charge in [0.1, 0.15) is 0 Å². The van der Waals surface area contributed by atoms with Crippen LogP contribution in [0.15, 0.2) is 237 Å². The van der Waals surface area contributed by atoms with Crippen molar-refractivity contribution >= 4 is 64.9 Å². The second kappa shape index (κ2) is 15.0. The van der Waals surface area contributed by atoms with Crippen LogP contribution in [0.25, 0.3) is 127 Å². The molecule has 0 amide bonds. The van der Waals surface area contributed by atoms with Gasteiger partial charge in [-0.15, -0.1) is 0 Å². The van der Waals surface area contributed by atoms with Crippen LogP contribution in [0.1, 0.15) is 0 Å². The lowest BCUT2D eigenvalue weighted by Crippen LogP contribution is -2.02. The number of fused-ring (bicyclic) bond motifs is 8. The van der Waals surface area contributed by atoms with Crippen LogP contribution in [-0.4, -0.2) is 14.5 Å². The lowest BCUT2D eigenvalue weighted by Gasteiger charge is -2.20. The first kappa shape index (κ1) is 36.9. The Morgan fingerprint density at radius 3 is 1.49 bits per heavy atom. The van der Waals surface area contributed by atoms with Gasteiger partial charge in [-0.05, 0) is 108 Å². The average molecular weight is 826 g/mol. The molecule has 0 aliphatic carbocycles. The fraction of sp³-hybridized carbons (Fsp3) is 0. The monoisotopic (exact) mass is 825 g/mol. The van der Waals surface area contributed by atoms with E-state index in [1.807, 2.05) is 0 Å². The Bertz CT molecular complexity index is 4000. The molecule has 0 bridgehead atoms. The average Bonchev–Trinajstić information content (AvgIpc) is 3.71. The fourth-order valence-electron chi connectivity index (χ4n) is 9.96. The molecule has 302 valence electrons. The Morgan fingerprint density at radius 2 is 0.800 bits per heavy atom. The van der Waals surface area contributed by atoms with E-state index in [1.54, 1.807) is 0 Å². The van der Waals surface area contributed by atoms with Gasteiger partial charge in [0.05, 0.1) is 28.1 Å². The van der Waals surface area contributed by atoms with Gasteiger partial charge >= 0.3 is 0 Å². The van der Waals surface area contributed by atoms with Crippen LogP contribution in [-0.2, 0) is 0 Å². The molecule has 0 aliphatic heterocycles. The minimum atomic E-state index is 0.668. The van der Waals surface area contributed by atoms with E-state index in [-0.39, 0.29) is 0 Å². The minimum Gasteiger partial charge on any atom is -0.309 e. The molecule has 13 rings (SSSR count). The summed E-state index contributed by atoms with van der Waals surface area (Å²) in [5.41, 5.74) is 12.5. The molecule has 0 saturated carbocycles. The van der Waals surface area contributed by atoms with Crippen molar-refractivity contribution in [2.24, 2.45) is 0 Å². The summed E-state index contributed by atoms with van der Waals surface area (Å²) < 4.78 is 2.51. The number of hydrogen-bond acceptors (Lipinski definition) is 2. The van der Waals surface area contributed by atoms with Crippen molar-refractivity contribution in [3.63, 3.8) is 0 Å². The van der Waals surface area contributed by atoms with Crippen LogP contribution >= 0.6 is 0 Å². The number of hydrogen-bond donors (Lipinski definition) is 0. The number of nitrogens with zero attached hydrogens (tertiary/aromatic N) is 3. The molecule has 2 aromatic heterocycles. The first-order chi connectivity index (χ1) is 32.2. The Labute approximate surface area is 376 Å². The molecular weight excluding hydrogens is 787 g/mol. The van der Waals surface area contributed by atoms with Crippen LogP contribution < -0.4 is 0 Å². The van der Waals surface area contributed by atoms with E-state index in [9.17, 15) is 0 Å². The summed E-state index contributed by atoms with van der Waals surface area (Å²) in [5, 5.41) is 12.1. The van der Waals surface area contributed by atoms with Crippen LogP contribution in [0.3, 0.4) is 0 Å². The third-order valence-electron chi connectivity index (χ3n) is 13.1. The fourth-order valence-corrected chi connectivity index (χ4v) is 9.96. The molecule has 3 heteroatoms. The van der Waals surface area contributed by atoms with Crippen molar-refractivity contribution in [3.8, 4) is 61.8 Å². The Hall–Kier alpha value is -8.66. The molecule has 13 aromatic rings. The van der Waals surface area contributed by atoms with Gasteiger partial charge in [0.15, 0.2) is 5.82 Å². The summed E-state index contributed by atoms with van der Waals surface area (Å²) in [5.74, 6) is 0.668. The predicted octanol–water partition coefficient (Wildman–Crippen LogP) is 16.5. The SMILES string of the molecule is c1ccc(-c2cc(-c3ccc4ccccc4c3)nc(-c3cc(-c4ccc5ccccc5c4)c(-n4c5cc6ccccc6cc5c5c6ccccc6ccc54)cc3-c3ccccc3)n2)cc1. The normalized spacial score (nSPS) is 11.7. The van der Waals surface area contributed by atoms with Crippen LogP contribution in [0.2, 0.25) is 0 Å². The highest BCUT2D eigenvalue weighted by Crippen LogP contribution is 2.45. The van der Waals surface area contributed by atoms with E-state index in [2.05, 4.69) is 241 Å². The molecule has 11 aromatic carbocycles. The van der Waals surface area contributed by atoms with Crippen molar-refractivity contribution in [1.29, 1.82) is 0 Å². The summed E-state index contributed by atoms with van der Waals surface area (Å²) in [6.07, 6.45) is 0. The molecule has 0 aliphatic rings. The predicted molar refractivity (Wildman–Crippen MR) is 274 cm³/mol. The quantitative estimate of drug-likeness (QED) is 0.167. The molecule has 0 spiro atoms. The maximum Gasteiger partial charge on any atom is 0.161 e. The summed E-state index contributed by atoms with van der Waals surface area (Å²) in [6, 6.07) is 85.5. The van der Waals surface area contributed by atoms with E-state index in [0.29, 0.717) is 5.82 Å². The third-order valence-corrected chi connectivity index (χ3v) is 13.1. The van der Waals surface area contributed by atoms with Gasteiger partial charge in [-0.1, -0.05) is 188 Å². The summed E-state index contributed by atoms with van der Waals surface area (Å²) in [6.45, 7) is 0. The van der Waals surface area contributed by atoms with Gasteiger partial charge < -0.3 is 4.57 Å². The van der Waals surface area contributed by atoms with Crippen molar-refractivity contribution in [2.45, 2.75) is 0 Å². The first-order valence-corrected chi connectivity index (χ1v) is 22.2. The minimum absolute atomic E-state index is 0.668. The Kier molecular flexibility index (Phi) is 8.53. The van der Waals surface area contributed by atoms with Crippen molar-refractivity contribution < 1.29 is 0 Å².